The molecule has 3 heterocycles. The Morgan fingerprint density at radius 3 is 1.80 bits per heavy atom. The Kier molecular flexibility index (Phi) is 7.00. The van der Waals surface area contributed by atoms with Crippen molar-refractivity contribution in [2.75, 3.05) is 0 Å². The van der Waals surface area contributed by atoms with Crippen LogP contribution in [0.4, 0.5) is 0 Å². The fourth-order valence-electron chi connectivity index (χ4n) is 8.32. The number of rotatable bonds is 5. The largest absolute Gasteiger partial charge is 0.309 e. The van der Waals surface area contributed by atoms with Crippen molar-refractivity contribution in [1.82, 2.24) is 24.5 Å². The number of aromatic nitrogens is 5. The average molecular weight is 724 g/mol. The third-order valence-electron chi connectivity index (χ3n) is 11.1. The van der Waals surface area contributed by atoms with Gasteiger partial charge in [-0.25, -0.2) is 19.9 Å². The molecular weight excluding hydrogens is 691 g/mol. The first-order valence-electron chi connectivity index (χ1n) is 18.6. The molecule has 3 aromatic heterocycles. The van der Waals surface area contributed by atoms with Gasteiger partial charge in [0.2, 0.25) is 0 Å². The Balaban J connectivity index is 0.976. The minimum Gasteiger partial charge on any atom is -0.309 e. The zero-order valence-electron chi connectivity index (χ0n) is 30.2. The van der Waals surface area contributed by atoms with Gasteiger partial charge in [-0.05, 0) is 82.9 Å². The normalized spacial score (nSPS) is 13.1. The summed E-state index contributed by atoms with van der Waals surface area (Å²) in [4.78, 5) is 19.9. The molecule has 1 aliphatic rings. The lowest BCUT2D eigenvalue weighted by Gasteiger charge is -2.21. The molecule has 1 aliphatic carbocycles. The van der Waals surface area contributed by atoms with Gasteiger partial charge in [-0.1, -0.05) is 117 Å². The van der Waals surface area contributed by atoms with Gasteiger partial charge < -0.3 is 4.57 Å². The molecule has 0 aliphatic heterocycles. The van der Waals surface area contributed by atoms with E-state index >= 15 is 0 Å². The van der Waals surface area contributed by atoms with E-state index in [0.717, 1.165) is 43.2 Å². The van der Waals surface area contributed by atoms with Crippen molar-refractivity contribution in [2.24, 2.45) is 0 Å². The lowest BCUT2D eigenvalue weighted by molar-refractivity contribution is 0.661. The first-order chi connectivity index (χ1) is 27.0. The summed E-state index contributed by atoms with van der Waals surface area (Å²) in [5.41, 5.74) is 13.7. The topological polar surface area (TPSA) is 56.5 Å². The fraction of sp³-hybridized carbons (Fsp3) is 0.0612. The number of para-hydroxylation sites is 1. The van der Waals surface area contributed by atoms with Crippen LogP contribution in [0.2, 0.25) is 0 Å². The molecule has 6 heteroatoms. The van der Waals surface area contributed by atoms with Crippen LogP contribution in [0.3, 0.4) is 0 Å². The van der Waals surface area contributed by atoms with Gasteiger partial charge in [-0.15, -0.1) is 11.3 Å². The summed E-state index contributed by atoms with van der Waals surface area (Å²) in [5.74, 6) is 1.91. The molecule has 0 saturated heterocycles. The smallest absolute Gasteiger partial charge is 0.164 e. The van der Waals surface area contributed by atoms with E-state index in [1.807, 2.05) is 60.7 Å². The van der Waals surface area contributed by atoms with Crippen LogP contribution in [-0.4, -0.2) is 24.5 Å². The van der Waals surface area contributed by atoms with Crippen LogP contribution < -0.4 is 0 Å². The Morgan fingerprint density at radius 1 is 0.455 bits per heavy atom. The number of fused-ring (bicyclic) bond motifs is 7. The highest BCUT2D eigenvalue weighted by Gasteiger charge is 2.36. The van der Waals surface area contributed by atoms with Crippen LogP contribution in [-0.2, 0) is 5.41 Å². The molecule has 0 radical (unpaired) electrons. The molecule has 0 N–H and O–H groups in total. The molecule has 0 spiro atoms. The molecule has 10 aromatic rings. The molecule has 5 nitrogen and oxygen atoms in total. The van der Waals surface area contributed by atoms with E-state index < -0.39 is 0 Å². The van der Waals surface area contributed by atoms with Crippen LogP contribution in [0.25, 0.3) is 93.6 Å². The minimum atomic E-state index is -0.0735. The first-order valence-corrected chi connectivity index (χ1v) is 19.4. The van der Waals surface area contributed by atoms with Gasteiger partial charge in [0.1, 0.15) is 5.01 Å². The van der Waals surface area contributed by atoms with Crippen LogP contribution >= 0.6 is 11.3 Å². The minimum absolute atomic E-state index is 0.0735. The fourth-order valence-corrected chi connectivity index (χ4v) is 9.27. The van der Waals surface area contributed by atoms with Crippen molar-refractivity contribution in [3.63, 3.8) is 0 Å². The van der Waals surface area contributed by atoms with Crippen molar-refractivity contribution in [3.8, 4) is 61.5 Å². The van der Waals surface area contributed by atoms with Gasteiger partial charge >= 0.3 is 0 Å². The maximum atomic E-state index is 5.14. The molecule has 0 fully saturated rings. The number of hydrogen-bond donors (Lipinski definition) is 0. The van der Waals surface area contributed by atoms with Gasteiger partial charge in [0.25, 0.3) is 0 Å². The number of thiazole rings is 1. The summed E-state index contributed by atoms with van der Waals surface area (Å²) in [7, 11) is 0. The van der Waals surface area contributed by atoms with Crippen molar-refractivity contribution >= 4 is 43.4 Å². The maximum absolute atomic E-state index is 5.14. The SMILES string of the molecule is CC1(C)c2ccccc2-c2cc3c4ccccc4n(-c4ccc(-c5nc6cc(-c7nc(-c8ccccc8)nc(-c8ccccc8)n7)ccc6s5)cc4)c3cc21. The number of nitrogens with zero attached hydrogens (tertiary/aromatic N) is 5. The summed E-state index contributed by atoms with van der Waals surface area (Å²) in [6.45, 7) is 4.69. The Morgan fingerprint density at radius 2 is 1.07 bits per heavy atom. The first kappa shape index (κ1) is 31.7. The molecule has 0 atom stereocenters. The quantitative estimate of drug-likeness (QED) is 0.177. The summed E-state index contributed by atoms with van der Waals surface area (Å²) in [5, 5.41) is 3.51. The third-order valence-corrected chi connectivity index (χ3v) is 12.2. The van der Waals surface area contributed by atoms with Crippen molar-refractivity contribution in [2.45, 2.75) is 19.3 Å². The van der Waals surface area contributed by atoms with Crippen LogP contribution in [0.1, 0.15) is 25.0 Å². The second kappa shape index (κ2) is 12.1. The molecule has 260 valence electrons. The number of benzene rings is 7. The Labute approximate surface area is 322 Å². The summed E-state index contributed by atoms with van der Waals surface area (Å²) >= 11 is 1.70. The highest BCUT2D eigenvalue weighted by molar-refractivity contribution is 7.21. The van der Waals surface area contributed by atoms with E-state index in [9.17, 15) is 0 Å². The molecule has 0 bridgehead atoms. The molecular formula is C49H33N5S. The second-order valence-electron chi connectivity index (χ2n) is 14.7. The highest BCUT2D eigenvalue weighted by atomic mass is 32.1. The van der Waals surface area contributed by atoms with Crippen LogP contribution in [0, 0.1) is 0 Å². The summed E-state index contributed by atoms with van der Waals surface area (Å²) < 4.78 is 3.53. The van der Waals surface area contributed by atoms with Gasteiger partial charge in [0.05, 0.1) is 21.3 Å². The van der Waals surface area contributed by atoms with E-state index in [4.69, 9.17) is 19.9 Å². The monoisotopic (exact) mass is 723 g/mol. The highest BCUT2D eigenvalue weighted by Crippen LogP contribution is 2.51. The zero-order valence-corrected chi connectivity index (χ0v) is 31.0. The second-order valence-corrected chi connectivity index (χ2v) is 15.8. The molecule has 0 amide bonds. The molecule has 11 rings (SSSR count). The van der Waals surface area contributed by atoms with E-state index in [-0.39, 0.29) is 5.41 Å². The van der Waals surface area contributed by atoms with Gasteiger partial charge in [-0.2, -0.15) is 0 Å². The zero-order chi connectivity index (χ0) is 36.7. The van der Waals surface area contributed by atoms with E-state index in [2.05, 4.69) is 122 Å². The summed E-state index contributed by atoms with van der Waals surface area (Å²) in [6.07, 6.45) is 0. The van der Waals surface area contributed by atoms with Crippen LogP contribution in [0.5, 0.6) is 0 Å². The predicted molar refractivity (Wildman–Crippen MR) is 227 cm³/mol. The lowest BCUT2D eigenvalue weighted by atomic mass is 9.82. The standard InChI is InChI=1S/C49H33N5S/c1-49(2)39-19-11-9-17-35(39)37-28-38-36-18-10-12-20-42(36)54(43(38)29-40(37)49)34-24-21-32(22-25-34)48-50-41-27-33(23-26-44(41)55-48)47-52-45(30-13-5-3-6-14-30)51-46(53-47)31-15-7-4-8-16-31/h3-29H,1-2H3. The molecule has 7 aromatic carbocycles. The maximum Gasteiger partial charge on any atom is 0.164 e. The van der Waals surface area contributed by atoms with Gasteiger partial charge in [0, 0.05) is 44.1 Å². The predicted octanol–water partition coefficient (Wildman–Crippen LogP) is 12.6. The van der Waals surface area contributed by atoms with Gasteiger partial charge in [0.15, 0.2) is 17.5 Å². The average Bonchev–Trinajstić information content (AvgIpc) is 3.89. The van der Waals surface area contributed by atoms with Crippen molar-refractivity contribution < 1.29 is 0 Å². The van der Waals surface area contributed by atoms with Crippen LogP contribution in [0.15, 0.2) is 164 Å². The molecule has 0 unspecified atom stereocenters. The summed E-state index contributed by atoms with van der Waals surface area (Å²) in [6, 6.07) is 57.8. The number of hydrogen-bond acceptors (Lipinski definition) is 5. The lowest BCUT2D eigenvalue weighted by Crippen LogP contribution is -2.14. The molecule has 0 saturated carbocycles. The Hall–Kier alpha value is -6.76. The van der Waals surface area contributed by atoms with E-state index in [0.29, 0.717) is 17.5 Å². The van der Waals surface area contributed by atoms with E-state index in [1.165, 1.54) is 44.1 Å². The molecule has 55 heavy (non-hydrogen) atoms. The van der Waals surface area contributed by atoms with Gasteiger partial charge in [-0.3, -0.25) is 0 Å². The van der Waals surface area contributed by atoms with E-state index in [1.54, 1.807) is 11.3 Å². The Bertz CT molecular complexity index is 3050. The van der Waals surface area contributed by atoms with Crippen molar-refractivity contribution in [1.29, 1.82) is 0 Å². The van der Waals surface area contributed by atoms with Crippen molar-refractivity contribution in [3.05, 3.63) is 175 Å². The third kappa shape index (κ3) is 5.06.